The van der Waals surface area contributed by atoms with Gasteiger partial charge in [0.1, 0.15) is 0 Å². The molecule has 0 radical (unpaired) electrons. The van der Waals surface area contributed by atoms with E-state index in [4.69, 9.17) is 12.2 Å². The number of hydrogen-bond acceptors (Lipinski definition) is 2. The van der Waals surface area contributed by atoms with Crippen LogP contribution < -0.4 is 5.73 Å². The zero-order valence-corrected chi connectivity index (χ0v) is 11.7. The molecule has 0 aromatic heterocycles. The quantitative estimate of drug-likeness (QED) is 0.688. The molecule has 0 saturated heterocycles. The molecule has 98 valence electrons. The Balaban J connectivity index is 2.22. The van der Waals surface area contributed by atoms with Crippen LogP contribution in [-0.2, 0) is 0 Å². The molecule has 0 aromatic carbocycles. The molecule has 1 fully saturated rings. The second-order valence-electron chi connectivity index (χ2n) is 6.70. The van der Waals surface area contributed by atoms with Crippen LogP contribution in [0.15, 0.2) is 0 Å². The molecular weight excluding hydrogens is 208 g/mol. The zero-order valence-electron chi connectivity index (χ0n) is 11.7. The predicted octanol–water partition coefficient (Wildman–Crippen LogP) is 2.49. The second-order valence-corrected chi connectivity index (χ2v) is 6.70. The third kappa shape index (κ3) is 7.41. The van der Waals surface area contributed by atoms with Gasteiger partial charge in [0.25, 0.3) is 0 Å². The largest absolute Gasteiger partial charge is 0.328 e. The van der Waals surface area contributed by atoms with E-state index in [9.17, 15) is 0 Å². The number of rotatable bonds is 7. The van der Waals surface area contributed by atoms with Gasteiger partial charge in [-0.15, -0.1) is 6.42 Å². The van der Waals surface area contributed by atoms with E-state index >= 15 is 0 Å². The van der Waals surface area contributed by atoms with E-state index in [0.29, 0.717) is 11.5 Å². The molecule has 1 rings (SSSR count). The normalized spacial score (nSPS) is 18.1. The van der Waals surface area contributed by atoms with Crippen molar-refractivity contribution < 1.29 is 0 Å². The summed E-state index contributed by atoms with van der Waals surface area (Å²) in [5, 5.41) is 0. The fourth-order valence-electron chi connectivity index (χ4n) is 2.27. The summed E-state index contributed by atoms with van der Waals surface area (Å²) in [5.74, 6) is 3.66. The molecule has 0 heterocycles. The number of nitrogens with two attached hydrogens (primary N) is 1. The monoisotopic (exact) mass is 236 g/mol. The van der Waals surface area contributed by atoms with E-state index in [1.807, 2.05) is 0 Å². The third-order valence-electron chi connectivity index (χ3n) is 3.22. The SMILES string of the molecule is C#CCN(CCC(N)CC(C)(C)C)CC1CC1. The van der Waals surface area contributed by atoms with Crippen molar-refractivity contribution in [2.45, 2.75) is 52.5 Å². The lowest BCUT2D eigenvalue weighted by molar-refractivity contribution is 0.260. The summed E-state index contributed by atoms with van der Waals surface area (Å²) < 4.78 is 0. The van der Waals surface area contributed by atoms with Crippen LogP contribution in [0.1, 0.15) is 46.5 Å². The summed E-state index contributed by atoms with van der Waals surface area (Å²) in [6.07, 6.45) is 10.3. The van der Waals surface area contributed by atoms with Gasteiger partial charge in [-0.1, -0.05) is 26.7 Å². The van der Waals surface area contributed by atoms with Gasteiger partial charge in [0.15, 0.2) is 0 Å². The first kappa shape index (κ1) is 14.5. The average molecular weight is 236 g/mol. The molecule has 1 saturated carbocycles. The molecule has 2 N–H and O–H groups in total. The number of nitrogens with zero attached hydrogens (tertiary/aromatic N) is 1. The minimum atomic E-state index is 0.300. The lowest BCUT2D eigenvalue weighted by Gasteiger charge is -2.26. The smallest absolute Gasteiger partial charge is 0.0599 e. The van der Waals surface area contributed by atoms with Gasteiger partial charge in [-0.05, 0) is 37.0 Å². The summed E-state index contributed by atoms with van der Waals surface area (Å²) in [7, 11) is 0. The Morgan fingerprint density at radius 2 is 2.06 bits per heavy atom. The molecule has 0 bridgehead atoms. The first-order chi connectivity index (χ1) is 7.90. The fourth-order valence-corrected chi connectivity index (χ4v) is 2.27. The number of terminal acetylenes is 1. The highest BCUT2D eigenvalue weighted by atomic mass is 15.1. The van der Waals surface area contributed by atoms with Crippen molar-refractivity contribution in [3.8, 4) is 12.3 Å². The van der Waals surface area contributed by atoms with E-state index in [2.05, 4.69) is 31.6 Å². The van der Waals surface area contributed by atoms with Crippen LogP contribution in [0.25, 0.3) is 0 Å². The van der Waals surface area contributed by atoms with Gasteiger partial charge in [-0.3, -0.25) is 4.90 Å². The van der Waals surface area contributed by atoms with E-state index in [0.717, 1.165) is 31.8 Å². The van der Waals surface area contributed by atoms with Crippen molar-refractivity contribution in [1.29, 1.82) is 0 Å². The van der Waals surface area contributed by atoms with Crippen LogP contribution in [-0.4, -0.2) is 30.6 Å². The molecule has 0 aliphatic heterocycles. The summed E-state index contributed by atoms with van der Waals surface area (Å²) in [4.78, 5) is 2.39. The highest BCUT2D eigenvalue weighted by Gasteiger charge is 2.24. The Morgan fingerprint density at radius 1 is 1.41 bits per heavy atom. The van der Waals surface area contributed by atoms with Crippen molar-refractivity contribution in [3.05, 3.63) is 0 Å². The average Bonchev–Trinajstić information content (AvgIpc) is 2.95. The van der Waals surface area contributed by atoms with Gasteiger partial charge in [-0.25, -0.2) is 0 Å². The number of hydrogen-bond donors (Lipinski definition) is 1. The van der Waals surface area contributed by atoms with Crippen LogP contribution in [0.3, 0.4) is 0 Å². The maximum Gasteiger partial charge on any atom is 0.0599 e. The molecule has 1 aliphatic rings. The Bertz CT molecular complexity index is 255. The maximum absolute atomic E-state index is 6.17. The van der Waals surface area contributed by atoms with Crippen molar-refractivity contribution in [2.75, 3.05) is 19.6 Å². The van der Waals surface area contributed by atoms with E-state index in [-0.39, 0.29) is 0 Å². The Hall–Kier alpha value is -0.520. The van der Waals surface area contributed by atoms with Crippen LogP contribution in [0, 0.1) is 23.7 Å². The van der Waals surface area contributed by atoms with Gasteiger partial charge < -0.3 is 5.73 Å². The van der Waals surface area contributed by atoms with Crippen LogP contribution in [0.4, 0.5) is 0 Å². The van der Waals surface area contributed by atoms with E-state index < -0.39 is 0 Å². The molecule has 2 nitrogen and oxygen atoms in total. The van der Waals surface area contributed by atoms with Crippen molar-refractivity contribution >= 4 is 0 Å². The molecule has 1 atom stereocenters. The lowest BCUT2D eigenvalue weighted by Crippen LogP contribution is -2.34. The molecule has 1 unspecified atom stereocenters. The Labute approximate surface area is 107 Å². The predicted molar refractivity (Wildman–Crippen MR) is 74.7 cm³/mol. The highest BCUT2D eigenvalue weighted by molar-refractivity contribution is 4.90. The van der Waals surface area contributed by atoms with Crippen LogP contribution >= 0.6 is 0 Å². The highest BCUT2D eigenvalue weighted by Crippen LogP contribution is 2.29. The van der Waals surface area contributed by atoms with Crippen LogP contribution in [0.2, 0.25) is 0 Å². The minimum absolute atomic E-state index is 0.300. The lowest BCUT2D eigenvalue weighted by atomic mass is 9.87. The molecule has 17 heavy (non-hydrogen) atoms. The summed E-state index contributed by atoms with van der Waals surface area (Å²) in [6.45, 7) is 9.74. The second kappa shape index (κ2) is 6.42. The summed E-state index contributed by atoms with van der Waals surface area (Å²) in [6, 6.07) is 0.300. The zero-order chi connectivity index (χ0) is 12.9. The first-order valence-electron chi connectivity index (χ1n) is 6.82. The molecule has 1 aliphatic carbocycles. The molecule has 0 aromatic rings. The minimum Gasteiger partial charge on any atom is -0.328 e. The van der Waals surface area contributed by atoms with Crippen LogP contribution in [0.5, 0.6) is 0 Å². The summed E-state index contributed by atoms with van der Waals surface area (Å²) in [5.41, 5.74) is 6.50. The maximum atomic E-state index is 6.17. The van der Waals surface area contributed by atoms with E-state index in [1.165, 1.54) is 19.4 Å². The molecule has 0 amide bonds. The fraction of sp³-hybridized carbons (Fsp3) is 0.867. The first-order valence-corrected chi connectivity index (χ1v) is 6.82. The standard InChI is InChI=1S/C15H28N2/c1-5-9-17(12-13-6-7-13)10-8-14(16)11-15(2,3)4/h1,13-14H,6-12,16H2,2-4H3. The van der Waals surface area contributed by atoms with Gasteiger partial charge in [-0.2, -0.15) is 0 Å². The molecular formula is C15H28N2. The molecule has 0 spiro atoms. The summed E-state index contributed by atoms with van der Waals surface area (Å²) >= 11 is 0. The Kier molecular flexibility index (Phi) is 5.49. The van der Waals surface area contributed by atoms with E-state index in [1.54, 1.807) is 0 Å². The molecule has 2 heteroatoms. The Morgan fingerprint density at radius 3 is 2.53 bits per heavy atom. The topological polar surface area (TPSA) is 29.3 Å². The third-order valence-corrected chi connectivity index (χ3v) is 3.22. The van der Waals surface area contributed by atoms with Gasteiger partial charge >= 0.3 is 0 Å². The van der Waals surface area contributed by atoms with Gasteiger partial charge in [0.05, 0.1) is 6.54 Å². The van der Waals surface area contributed by atoms with Crippen molar-refractivity contribution in [1.82, 2.24) is 4.90 Å². The van der Waals surface area contributed by atoms with Gasteiger partial charge in [0, 0.05) is 19.1 Å². The van der Waals surface area contributed by atoms with Gasteiger partial charge in [0.2, 0.25) is 0 Å². The van der Waals surface area contributed by atoms with Crippen molar-refractivity contribution in [2.24, 2.45) is 17.1 Å². The van der Waals surface area contributed by atoms with Crippen molar-refractivity contribution in [3.63, 3.8) is 0 Å².